The number of ether oxygens (including phenoxy) is 1. The van der Waals surface area contributed by atoms with Crippen molar-refractivity contribution < 1.29 is 19.1 Å². The molecular weight excluding hydrogens is 272 g/mol. The van der Waals surface area contributed by atoms with Crippen LogP contribution in [0.15, 0.2) is 12.2 Å². The monoisotopic (exact) mass is 290 g/mol. The molecule has 2 bridgehead atoms. The number of allylic oxidation sites excluding steroid dienone is 2. The summed E-state index contributed by atoms with van der Waals surface area (Å²) in [6.07, 6.45) is 5.03. The first-order valence-electron chi connectivity index (χ1n) is 7.56. The van der Waals surface area contributed by atoms with E-state index in [1.807, 2.05) is 0 Å². The standard InChI is InChI=1S/C15H18N2O4/c18-11(16-3-5-21-6-4-16)8-17-14(19)12-9-1-2-10(7-9)13(12)15(17)20/h1-2,9-10,12-13H,3-8H2/t9-,10-,12-,13+/m0/s1. The number of hydrogen-bond donors (Lipinski definition) is 0. The van der Waals surface area contributed by atoms with E-state index in [0.717, 1.165) is 6.42 Å². The molecule has 3 fully saturated rings. The van der Waals surface area contributed by atoms with Crippen molar-refractivity contribution in [1.82, 2.24) is 9.80 Å². The predicted octanol–water partition coefficient (Wildman–Crippen LogP) is -0.348. The molecule has 0 radical (unpaired) electrons. The number of hydrogen-bond acceptors (Lipinski definition) is 4. The summed E-state index contributed by atoms with van der Waals surface area (Å²) in [6, 6.07) is 0. The lowest BCUT2D eigenvalue weighted by Gasteiger charge is -2.28. The molecule has 21 heavy (non-hydrogen) atoms. The Kier molecular flexibility index (Phi) is 2.89. The third-order valence-electron chi connectivity index (χ3n) is 5.22. The van der Waals surface area contributed by atoms with Crippen molar-refractivity contribution in [3.8, 4) is 0 Å². The molecule has 3 amide bonds. The highest BCUT2D eigenvalue weighted by atomic mass is 16.5. The predicted molar refractivity (Wildman–Crippen MR) is 71.8 cm³/mol. The molecule has 2 aliphatic carbocycles. The van der Waals surface area contributed by atoms with E-state index in [-0.39, 0.29) is 47.9 Å². The fraction of sp³-hybridized carbons (Fsp3) is 0.667. The van der Waals surface area contributed by atoms with Gasteiger partial charge in [-0.05, 0) is 18.3 Å². The number of amides is 3. The summed E-state index contributed by atoms with van der Waals surface area (Å²) in [7, 11) is 0. The quantitative estimate of drug-likeness (QED) is 0.515. The van der Waals surface area contributed by atoms with E-state index in [2.05, 4.69) is 12.2 Å². The summed E-state index contributed by atoms with van der Waals surface area (Å²) >= 11 is 0. The smallest absolute Gasteiger partial charge is 0.242 e. The van der Waals surface area contributed by atoms with Crippen molar-refractivity contribution >= 4 is 17.7 Å². The molecule has 2 aliphatic heterocycles. The lowest BCUT2D eigenvalue weighted by molar-refractivity contribution is -0.148. The number of likely N-dealkylation sites (tertiary alicyclic amines) is 1. The molecule has 1 saturated carbocycles. The van der Waals surface area contributed by atoms with E-state index in [9.17, 15) is 14.4 Å². The van der Waals surface area contributed by atoms with Crippen LogP contribution in [0.5, 0.6) is 0 Å². The first-order chi connectivity index (χ1) is 10.2. The maximum atomic E-state index is 12.5. The van der Waals surface area contributed by atoms with Gasteiger partial charge in [0.15, 0.2) is 0 Å². The lowest BCUT2D eigenvalue weighted by Crippen LogP contribution is -2.47. The van der Waals surface area contributed by atoms with E-state index >= 15 is 0 Å². The highest BCUT2D eigenvalue weighted by Crippen LogP contribution is 2.52. The minimum absolute atomic E-state index is 0.107. The van der Waals surface area contributed by atoms with Crippen LogP contribution in [0.1, 0.15) is 6.42 Å². The van der Waals surface area contributed by atoms with E-state index < -0.39 is 0 Å². The van der Waals surface area contributed by atoms with Crippen molar-refractivity contribution in [2.24, 2.45) is 23.7 Å². The van der Waals surface area contributed by atoms with Crippen molar-refractivity contribution in [3.63, 3.8) is 0 Å². The van der Waals surface area contributed by atoms with E-state index in [1.54, 1.807) is 4.90 Å². The summed E-state index contributed by atoms with van der Waals surface area (Å²) in [5.41, 5.74) is 0. The molecule has 0 spiro atoms. The molecule has 4 aliphatic rings. The molecule has 0 N–H and O–H groups in total. The molecule has 0 aromatic rings. The number of rotatable bonds is 2. The molecule has 2 heterocycles. The molecular formula is C15H18N2O4. The Hall–Kier alpha value is -1.69. The topological polar surface area (TPSA) is 66.9 Å². The Morgan fingerprint density at radius 3 is 2.24 bits per heavy atom. The van der Waals surface area contributed by atoms with Crippen LogP contribution >= 0.6 is 0 Å². The third-order valence-corrected chi connectivity index (χ3v) is 5.22. The minimum Gasteiger partial charge on any atom is -0.378 e. The maximum absolute atomic E-state index is 12.5. The molecule has 0 aromatic carbocycles. The van der Waals surface area contributed by atoms with E-state index in [0.29, 0.717) is 26.3 Å². The van der Waals surface area contributed by atoms with Gasteiger partial charge in [0.25, 0.3) is 0 Å². The molecule has 112 valence electrons. The summed E-state index contributed by atoms with van der Waals surface area (Å²) in [6.45, 7) is 2.01. The Balaban J connectivity index is 1.48. The number of carbonyl (C=O) groups excluding carboxylic acids is 3. The van der Waals surface area contributed by atoms with Gasteiger partial charge in [-0.3, -0.25) is 19.3 Å². The fourth-order valence-electron chi connectivity index (χ4n) is 4.17. The van der Waals surface area contributed by atoms with Crippen LogP contribution in [0.3, 0.4) is 0 Å². The Labute approximate surface area is 122 Å². The molecule has 0 aromatic heterocycles. The van der Waals surface area contributed by atoms with Gasteiger partial charge in [0.05, 0.1) is 25.0 Å². The van der Waals surface area contributed by atoms with E-state index in [1.165, 1.54) is 4.90 Å². The number of fused-ring (bicyclic) bond motifs is 5. The average Bonchev–Trinajstić information content (AvgIpc) is 3.18. The number of carbonyl (C=O) groups is 3. The van der Waals surface area contributed by atoms with Crippen LogP contribution in [-0.4, -0.2) is 60.4 Å². The molecule has 6 heteroatoms. The summed E-state index contributed by atoms with van der Waals surface area (Å²) in [5, 5.41) is 0. The van der Waals surface area contributed by atoms with Gasteiger partial charge in [-0.1, -0.05) is 12.2 Å². The van der Waals surface area contributed by atoms with Gasteiger partial charge in [-0.2, -0.15) is 0 Å². The molecule has 4 rings (SSSR count). The summed E-state index contributed by atoms with van der Waals surface area (Å²) in [5.74, 6) is -0.498. The second kappa shape index (κ2) is 4.66. The Morgan fingerprint density at radius 1 is 1.10 bits per heavy atom. The molecule has 2 saturated heterocycles. The second-order valence-electron chi connectivity index (χ2n) is 6.26. The largest absolute Gasteiger partial charge is 0.378 e. The summed E-state index contributed by atoms with van der Waals surface area (Å²) in [4.78, 5) is 40.1. The molecule has 4 atom stereocenters. The number of morpholine rings is 1. The van der Waals surface area contributed by atoms with Gasteiger partial charge in [0.2, 0.25) is 17.7 Å². The minimum atomic E-state index is -0.218. The highest BCUT2D eigenvalue weighted by molar-refractivity contribution is 6.08. The van der Waals surface area contributed by atoms with Crippen molar-refractivity contribution in [2.75, 3.05) is 32.8 Å². The maximum Gasteiger partial charge on any atom is 0.242 e. The molecule has 6 nitrogen and oxygen atoms in total. The van der Waals surface area contributed by atoms with Crippen molar-refractivity contribution in [2.45, 2.75) is 6.42 Å². The lowest BCUT2D eigenvalue weighted by atomic mass is 9.85. The molecule has 0 unspecified atom stereocenters. The second-order valence-corrected chi connectivity index (χ2v) is 6.26. The third kappa shape index (κ3) is 1.85. The van der Waals surface area contributed by atoms with Crippen LogP contribution < -0.4 is 0 Å². The van der Waals surface area contributed by atoms with Crippen molar-refractivity contribution in [3.05, 3.63) is 12.2 Å². The van der Waals surface area contributed by atoms with Crippen LogP contribution in [0.2, 0.25) is 0 Å². The van der Waals surface area contributed by atoms with E-state index in [4.69, 9.17) is 4.74 Å². The SMILES string of the molecule is O=C(CN1C(=O)[C@@H]2[C@H](C1=O)[C@H]1C=C[C@H]2C1)N1CCOCC1. The van der Waals surface area contributed by atoms with Gasteiger partial charge in [-0.25, -0.2) is 0 Å². The van der Waals surface area contributed by atoms with Gasteiger partial charge in [0, 0.05) is 13.1 Å². The van der Waals surface area contributed by atoms with Gasteiger partial charge >= 0.3 is 0 Å². The highest BCUT2D eigenvalue weighted by Gasteiger charge is 2.59. The first-order valence-corrected chi connectivity index (χ1v) is 7.56. The van der Waals surface area contributed by atoms with Gasteiger partial charge < -0.3 is 9.64 Å². The summed E-state index contributed by atoms with van der Waals surface area (Å²) < 4.78 is 5.21. The normalized spacial score (nSPS) is 37.5. The zero-order valence-corrected chi connectivity index (χ0v) is 11.7. The fourth-order valence-corrected chi connectivity index (χ4v) is 4.17. The average molecular weight is 290 g/mol. The number of imide groups is 1. The van der Waals surface area contributed by atoms with Crippen LogP contribution in [0, 0.1) is 23.7 Å². The van der Waals surface area contributed by atoms with Crippen LogP contribution in [0.4, 0.5) is 0 Å². The van der Waals surface area contributed by atoms with Gasteiger partial charge in [0.1, 0.15) is 6.54 Å². The van der Waals surface area contributed by atoms with Gasteiger partial charge in [-0.15, -0.1) is 0 Å². The number of nitrogens with zero attached hydrogens (tertiary/aromatic N) is 2. The van der Waals surface area contributed by atoms with Crippen molar-refractivity contribution in [1.29, 1.82) is 0 Å². The zero-order valence-electron chi connectivity index (χ0n) is 11.7. The first kappa shape index (κ1) is 13.0. The van der Waals surface area contributed by atoms with Crippen LogP contribution in [-0.2, 0) is 19.1 Å². The Morgan fingerprint density at radius 2 is 1.67 bits per heavy atom. The Bertz CT molecular complexity index is 508. The zero-order chi connectivity index (χ0) is 14.6. The van der Waals surface area contributed by atoms with Crippen LogP contribution in [0.25, 0.3) is 0 Å².